The van der Waals surface area contributed by atoms with Crippen molar-refractivity contribution in [2.45, 2.75) is 38.6 Å². The van der Waals surface area contributed by atoms with Crippen LogP contribution in [0, 0.1) is 0 Å². The average Bonchev–Trinajstić information content (AvgIpc) is 3.22. The molecule has 148 valence electrons. The molecule has 1 aliphatic heterocycles. The maximum atomic E-state index is 12.8. The van der Waals surface area contributed by atoms with E-state index in [9.17, 15) is 9.59 Å². The van der Waals surface area contributed by atoms with Crippen LogP contribution in [0.4, 0.5) is 0 Å². The van der Waals surface area contributed by atoms with Crippen molar-refractivity contribution in [3.63, 3.8) is 0 Å². The third-order valence-corrected chi connectivity index (χ3v) is 5.13. The van der Waals surface area contributed by atoms with Crippen molar-refractivity contribution in [3.8, 4) is 11.5 Å². The van der Waals surface area contributed by atoms with Gasteiger partial charge in [0.05, 0.1) is 19.8 Å². The number of hydrogen-bond acceptors (Lipinski definition) is 4. The molecule has 0 aliphatic carbocycles. The van der Waals surface area contributed by atoms with Crippen molar-refractivity contribution in [1.82, 2.24) is 4.90 Å². The van der Waals surface area contributed by atoms with Crippen LogP contribution < -0.4 is 9.47 Å². The van der Waals surface area contributed by atoms with Crippen LogP contribution in [0.3, 0.4) is 0 Å². The van der Waals surface area contributed by atoms with E-state index in [0.717, 1.165) is 36.4 Å². The molecular formula is C23H27NO4. The molecule has 1 fully saturated rings. The fourth-order valence-corrected chi connectivity index (χ4v) is 3.65. The monoisotopic (exact) mass is 381 g/mol. The molecule has 1 heterocycles. The van der Waals surface area contributed by atoms with E-state index in [-0.39, 0.29) is 30.6 Å². The standard InChI is InChI=1S/C23H27NO4/c1-3-28-20-12-8-18(9-13-20)22(25)14-15-23(26)24-16-4-5-21(24)17-6-10-19(27-2)11-7-17/h6-13,21H,3-5,14-16H2,1-2H3. The van der Waals surface area contributed by atoms with Gasteiger partial charge < -0.3 is 14.4 Å². The number of nitrogens with zero attached hydrogens (tertiary/aromatic N) is 1. The fraction of sp³-hybridized carbons (Fsp3) is 0.391. The van der Waals surface area contributed by atoms with Gasteiger partial charge in [-0.25, -0.2) is 0 Å². The number of methoxy groups -OCH3 is 1. The van der Waals surface area contributed by atoms with Gasteiger partial charge >= 0.3 is 0 Å². The first-order chi connectivity index (χ1) is 13.6. The summed E-state index contributed by atoms with van der Waals surface area (Å²) in [6.45, 7) is 3.25. The normalized spacial score (nSPS) is 16.1. The first-order valence-electron chi connectivity index (χ1n) is 9.82. The Balaban J connectivity index is 1.57. The minimum Gasteiger partial charge on any atom is -0.497 e. The van der Waals surface area contributed by atoms with E-state index in [1.807, 2.05) is 36.1 Å². The SMILES string of the molecule is CCOc1ccc(C(=O)CCC(=O)N2CCCC2c2ccc(OC)cc2)cc1. The van der Waals surface area contributed by atoms with Crippen LogP contribution in [0.2, 0.25) is 0 Å². The van der Waals surface area contributed by atoms with Crippen molar-refractivity contribution in [2.24, 2.45) is 0 Å². The predicted molar refractivity (Wildman–Crippen MR) is 108 cm³/mol. The van der Waals surface area contributed by atoms with Crippen LogP contribution in [0.1, 0.15) is 54.6 Å². The fourth-order valence-electron chi connectivity index (χ4n) is 3.65. The largest absolute Gasteiger partial charge is 0.497 e. The molecule has 5 heteroatoms. The summed E-state index contributed by atoms with van der Waals surface area (Å²) in [5, 5.41) is 0. The number of rotatable bonds is 8. The zero-order chi connectivity index (χ0) is 19.9. The summed E-state index contributed by atoms with van der Waals surface area (Å²) in [6, 6.07) is 15.1. The second-order valence-electron chi connectivity index (χ2n) is 6.90. The maximum absolute atomic E-state index is 12.8. The summed E-state index contributed by atoms with van der Waals surface area (Å²) < 4.78 is 10.6. The molecule has 0 saturated carbocycles. The summed E-state index contributed by atoms with van der Waals surface area (Å²) in [7, 11) is 1.64. The molecule has 1 atom stereocenters. The minimum atomic E-state index is -0.0170. The number of ketones is 1. The smallest absolute Gasteiger partial charge is 0.223 e. The molecule has 5 nitrogen and oxygen atoms in total. The van der Waals surface area contributed by atoms with Gasteiger partial charge in [0.25, 0.3) is 0 Å². The molecule has 1 aliphatic rings. The number of amides is 1. The van der Waals surface area contributed by atoms with Gasteiger partial charge in [0.1, 0.15) is 11.5 Å². The summed E-state index contributed by atoms with van der Waals surface area (Å²) >= 11 is 0. The lowest BCUT2D eigenvalue weighted by Crippen LogP contribution is -2.30. The molecule has 0 N–H and O–H groups in total. The van der Waals surface area contributed by atoms with Crippen LogP contribution in [0.5, 0.6) is 11.5 Å². The third kappa shape index (κ3) is 4.71. The summed E-state index contributed by atoms with van der Waals surface area (Å²) in [5.74, 6) is 1.57. The predicted octanol–water partition coefficient (Wildman–Crippen LogP) is 4.42. The van der Waals surface area contributed by atoms with Crippen LogP contribution in [-0.2, 0) is 4.79 Å². The summed E-state index contributed by atoms with van der Waals surface area (Å²) in [6.07, 6.45) is 2.39. The first-order valence-corrected chi connectivity index (χ1v) is 9.82. The highest BCUT2D eigenvalue weighted by molar-refractivity contribution is 5.98. The molecule has 2 aromatic rings. The van der Waals surface area contributed by atoms with Gasteiger partial charge in [-0.3, -0.25) is 9.59 Å². The molecule has 0 bridgehead atoms. The van der Waals surface area contributed by atoms with Crippen molar-refractivity contribution in [3.05, 3.63) is 59.7 Å². The topological polar surface area (TPSA) is 55.8 Å². The van der Waals surface area contributed by atoms with Crippen molar-refractivity contribution < 1.29 is 19.1 Å². The van der Waals surface area contributed by atoms with Crippen LogP contribution in [0.15, 0.2) is 48.5 Å². The number of hydrogen-bond donors (Lipinski definition) is 0. The van der Waals surface area contributed by atoms with Gasteiger partial charge in [-0.15, -0.1) is 0 Å². The van der Waals surface area contributed by atoms with E-state index in [1.165, 1.54) is 0 Å². The highest BCUT2D eigenvalue weighted by Gasteiger charge is 2.29. The highest BCUT2D eigenvalue weighted by atomic mass is 16.5. The van der Waals surface area contributed by atoms with Crippen molar-refractivity contribution >= 4 is 11.7 Å². The Labute approximate surface area is 166 Å². The van der Waals surface area contributed by atoms with E-state index in [4.69, 9.17) is 9.47 Å². The number of ether oxygens (including phenoxy) is 2. The minimum absolute atomic E-state index is 0.0170. The lowest BCUT2D eigenvalue weighted by molar-refractivity contribution is -0.132. The second kappa shape index (κ2) is 9.40. The maximum Gasteiger partial charge on any atom is 0.223 e. The molecule has 0 radical (unpaired) electrons. The van der Waals surface area contributed by atoms with Gasteiger partial charge in [-0.1, -0.05) is 12.1 Å². The number of benzene rings is 2. The molecule has 1 unspecified atom stereocenters. The van der Waals surface area contributed by atoms with E-state index in [2.05, 4.69) is 0 Å². The lowest BCUT2D eigenvalue weighted by atomic mass is 10.0. The van der Waals surface area contributed by atoms with Crippen molar-refractivity contribution in [1.29, 1.82) is 0 Å². The van der Waals surface area contributed by atoms with E-state index in [0.29, 0.717) is 12.2 Å². The Kier molecular flexibility index (Phi) is 6.69. The number of Topliss-reactive ketones (excluding diaryl/α,β-unsaturated/α-hetero) is 1. The molecule has 3 rings (SSSR count). The average molecular weight is 381 g/mol. The Bertz CT molecular complexity index is 798. The third-order valence-electron chi connectivity index (χ3n) is 5.13. The molecule has 0 spiro atoms. The Morgan fingerprint density at radius 1 is 1.00 bits per heavy atom. The number of carbonyl (C=O) groups excluding carboxylic acids is 2. The van der Waals surface area contributed by atoms with Gasteiger partial charge in [0, 0.05) is 24.9 Å². The van der Waals surface area contributed by atoms with Gasteiger partial charge in [0.2, 0.25) is 5.91 Å². The molecule has 28 heavy (non-hydrogen) atoms. The van der Waals surface area contributed by atoms with E-state index < -0.39 is 0 Å². The Morgan fingerprint density at radius 2 is 1.68 bits per heavy atom. The summed E-state index contributed by atoms with van der Waals surface area (Å²) in [4.78, 5) is 27.1. The zero-order valence-corrected chi connectivity index (χ0v) is 16.5. The Morgan fingerprint density at radius 3 is 2.32 bits per heavy atom. The van der Waals surface area contributed by atoms with Crippen LogP contribution >= 0.6 is 0 Å². The Hall–Kier alpha value is -2.82. The molecule has 2 aromatic carbocycles. The van der Waals surface area contributed by atoms with E-state index in [1.54, 1.807) is 31.4 Å². The molecule has 0 aromatic heterocycles. The lowest BCUT2D eigenvalue weighted by Gasteiger charge is -2.25. The second-order valence-corrected chi connectivity index (χ2v) is 6.90. The van der Waals surface area contributed by atoms with Gasteiger partial charge in [-0.05, 0) is 61.7 Å². The first kappa shape index (κ1) is 19.9. The van der Waals surface area contributed by atoms with Gasteiger partial charge in [-0.2, -0.15) is 0 Å². The number of carbonyl (C=O) groups is 2. The van der Waals surface area contributed by atoms with Crippen LogP contribution in [0.25, 0.3) is 0 Å². The summed E-state index contributed by atoms with van der Waals surface area (Å²) in [5.41, 5.74) is 1.73. The zero-order valence-electron chi connectivity index (χ0n) is 16.5. The number of likely N-dealkylation sites (tertiary alicyclic amines) is 1. The quantitative estimate of drug-likeness (QED) is 0.635. The molecular weight excluding hydrogens is 354 g/mol. The molecule has 1 saturated heterocycles. The van der Waals surface area contributed by atoms with Crippen LogP contribution in [-0.4, -0.2) is 36.9 Å². The van der Waals surface area contributed by atoms with Gasteiger partial charge in [0.15, 0.2) is 5.78 Å². The van der Waals surface area contributed by atoms with Crippen molar-refractivity contribution in [2.75, 3.05) is 20.3 Å². The highest BCUT2D eigenvalue weighted by Crippen LogP contribution is 2.33. The molecule has 1 amide bonds. The van der Waals surface area contributed by atoms with E-state index >= 15 is 0 Å².